The number of aromatic hydroxyl groups is 4. The number of carbonyl (C=O) groups excluding carboxylic acids is 4. The third-order valence-electron chi connectivity index (χ3n) is 6.21. The van der Waals surface area contributed by atoms with Gasteiger partial charge in [0.15, 0.2) is 17.3 Å². The molecule has 0 radical (unpaired) electrons. The van der Waals surface area contributed by atoms with E-state index in [-0.39, 0.29) is 91.2 Å². The summed E-state index contributed by atoms with van der Waals surface area (Å²) in [4.78, 5) is 47.8. The average molecular weight is 611 g/mol. The summed E-state index contributed by atoms with van der Waals surface area (Å²) >= 11 is 1.17. The summed E-state index contributed by atoms with van der Waals surface area (Å²) in [5.74, 6) is -2.85. The molecule has 0 spiro atoms. The average Bonchev–Trinajstić information content (AvgIpc) is 2.90. The molecular formula is C32H38N2O8S. The normalized spacial score (nSPS) is 10.7. The zero-order valence-corrected chi connectivity index (χ0v) is 26.3. The van der Waals surface area contributed by atoms with Crippen molar-refractivity contribution < 1.29 is 39.6 Å². The molecule has 0 saturated carbocycles. The van der Waals surface area contributed by atoms with Gasteiger partial charge >= 0.3 is 0 Å². The molecule has 0 aliphatic rings. The van der Waals surface area contributed by atoms with E-state index in [4.69, 9.17) is 0 Å². The van der Waals surface area contributed by atoms with Crippen LogP contribution in [0.25, 0.3) is 0 Å². The maximum Gasteiger partial charge on any atom is 0.227 e. The largest absolute Gasteiger partial charge is 0.507 e. The highest BCUT2D eigenvalue weighted by Crippen LogP contribution is 2.46. The van der Waals surface area contributed by atoms with Gasteiger partial charge in [-0.05, 0) is 32.9 Å². The fraction of sp³-hybridized carbons (Fsp3) is 0.312. The molecule has 0 unspecified atom stereocenters. The van der Waals surface area contributed by atoms with Crippen LogP contribution in [0.4, 0.5) is 11.4 Å². The van der Waals surface area contributed by atoms with Gasteiger partial charge in [0.2, 0.25) is 11.8 Å². The number of hydrogen-bond acceptors (Lipinski definition) is 9. The Bertz CT molecular complexity index is 1550. The van der Waals surface area contributed by atoms with Crippen molar-refractivity contribution in [3.63, 3.8) is 0 Å². The van der Waals surface area contributed by atoms with E-state index >= 15 is 0 Å². The second-order valence-electron chi connectivity index (χ2n) is 10.6. The Balaban J connectivity index is 0.000000317. The Hall–Kier alpha value is -4.51. The minimum atomic E-state index is -0.385. The highest BCUT2D eigenvalue weighted by Gasteiger charge is 2.26. The van der Waals surface area contributed by atoms with E-state index in [1.54, 1.807) is 27.7 Å². The first-order valence-electron chi connectivity index (χ1n) is 13.5. The number of amides is 2. The van der Waals surface area contributed by atoms with Gasteiger partial charge in [-0.3, -0.25) is 19.2 Å². The van der Waals surface area contributed by atoms with E-state index in [9.17, 15) is 39.6 Å². The summed E-state index contributed by atoms with van der Waals surface area (Å²) in [6.45, 7) is 12.9. The third-order valence-corrected chi connectivity index (χ3v) is 7.32. The molecule has 0 aliphatic carbocycles. The number of nitrogens with one attached hydrogen (secondary N) is 2. The lowest BCUT2D eigenvalue weighted by Crippen LogP contribution is -2.18. The molecule has 0 heterocycles. The summed E-state index contributed by atoms with van der Waals surface area (Å²) in [5, 5.41) is 45.6. The first kappa shape index (κ1) is 34.7. The molecule has 0 aromatic heterocycles. The van der Waals surface area contributed by atoms with Crippen molar-refractivity contribution in [1.82, 2.24) is 0 Å². The fourth-order valence-electron chi connectivity index (χ4n) is 3.88. The Labute approximate surface area is 255 Å². The number of hydrogen-bond donors (Lipinski definition) is 6. The van der Waals surface area contributed by atoms with Crippen molar-refractivity contribution >= 4 is 46.5 Å². The Kier molecular flexibility index (Phi) is 11.8. The van der Waals surface area contributed by atoms with Gasteiger partial charge in [-0.15, -0.1) is 0 Å². The summed E-state index contributed by atoms with van der Waals surface area (Å²) in [7, 11) is 0. The second-order valence-corrected chi connectivity index (χ2v) is 11.7. The number of phenolic OH excluding ortho intramolecular Hbond substituents is 4. The fourth-order valence-corrected chi connectivity index (χ4v) is 4.90. The summed E-state index contributed by atoms with van der Waals surface area (Å²) in [6, 6.07) is 9.95. The van der Waals surface area contributed by atoms with Crippen molar-refractivity contribution in [2.45, 2.75) is 65.2 Å². The molecule has 2 amide bonds. The van der Waals surface area contributed by atoms with Crippen LogP contribution in [0.15, 0.2) is 46.2 Å². The van der Waals surface area contributed by atoms with Gasteiger partial charge in [-0.1, -0.05) is 57.2 Å². The van der Waals surface area contributed by atoms with Crippen LogP contribution in [0.2, 0.25) is 0 Å². The Morgan fingerprint density at radius 3 is 1.70 bits per heavy atom. The maximum atomic E-state index is 12.5. The van der Waals surface area contributed by atoms with Gasteiger partial charge < -0.3 is 31.1 Å². The number of aryl methyl sites for hydroxylation is 1. The maximum absolute atomic E-state index is 12.5. The van der Waals surface area contributed by atoms with Crippen LogP contribution < -0.4 is 10.6 Å². The van der Waals surface area contributed by atoms with Crippen LogP contribution in [0, 0.1) is 25.7 Å². The van der Waals surface area contributed by atoms with Crippen molar-refractivity contribution in [3.8, 4) is 23.0 Å². The van der Waals surface area contributed by atoms with E-state index in [2.05, 4.69) is 10.6 Å². The standard InChI is InChI=1S/C19H21NO4S.C13H17NO4/c1-10(2)17(23)16-15(22)9-14(20-12(4)21)18(24)19(16)25-13-7-5-11(3)6-8-13;1-6(2)13(18)14-9-5-10(16)11(8(4)15)7(3)12(9)17/h5-10,22,24H,1-4H3,(H,20,21);5-6,16-17H,1-4H3,(H,14,18). The quantitative estimate of drug-likeness (QED) is 0.0938. The Morgan fingerprint density at radius 1 is 0.721 bits per heavy atom. The minimum Gasteiger partial charge on any atom is -0.507 e. The number of rotatable bonds is 8. The van der Waals surface area contributed by atoms with Gasteiger partial charge in [0.1, 0.15) is 17.2 Å². The van der Waals surface area contributed by atoms with Crippen LogP contribution in [0.5, 0.6) is 23.0 Å². The van der Waals surface area contributed by atoms with Crippen LogP contribution in [-0.2, 0) is 9.59 Å². The lowest BCUT2D eigenvalue weighted by atomic mass is 9.99. The topological polar surface area (TPSA) is 173 Å². The van der Waals surface area contributed by atoms with Gasteiger partial charge in [0.05, 0.1) is 27.4 Å². The van der Waals surface area contributed by atoms with Gasteiger partial charge in [-0.25, -0.2) is 0 Å². The predicted octanol–water partition coefficient (Wildman–Crippen LogP) is 6.56. The first-order valence-corrected chi connectivity index (χ1v) is 14.3. The predicted molar refractivity (Wildman–Crippen MR) is 167 cm³/mol. The zero-order valence-electron chi connectivity index (χ0n) is 25.4. The SMILES string of the molecule is CC(=O)Nc1cc(O)c(C(=O)C(C)C)c(Sc2ccc(C)cc2)c1O.CC(=O)c1c(O)cc(NC(=O)C(C)C)c(O)c1C. The molecule has 0 saturated heterocycles. The summed E-state index contributed by atoms with van der Waals surface area (Å²) in [5.41, 5.74) is 1.64. The molecule has 43 heavy (non-hydrogen) atoms. The van der Waals surface area contributed by atoms with Crippen molar-refractivity contribution in [2.24, 2.45) is 11.8 Å². The molecule has 230 valence electrons. The smallest absolute Gasteiger partial charge is 0.227 e. The molecule has 0 aliphatic heterocycles. The molecule has 10 nitrogen and oxygen atoms in total. The van der Waals surface area contributed by atoms with Crippen LogP contribution in [0.3, 0.4) is 0 Å². The monoisotopic (exact) mass is 610 g/mol. The van der Waals surface area contributed by atoms with Crippen LogP contribution >= 0.6 is 11.8 Å². The molecule has 0 bridgehead atoms. The molecule has 3 aromatic carbocycles. The Morgan fingerprint density at radius 2 is 1.23 bits per heavy atom. The van der Waals surface area contributed by atoms with Crippen LogP contribution in [-0.4, -0.2) is 43.8 Å². The minimum absolute atomic E-state index is 0.0622. The summed E-state index contributed by atoms with van der Waals surface area (Å²) < 4.78 is 0. The molecule has 0 fully saturated rings. The van der Waals surface area contributed by atoms with Crippen molar-refractivity contribution in [3.05, 3.63) is 58.7 Å². The molecule has 3 aromatic rings. The van der Waals surface area contributed by atoms with Gasteiger partial charge in [0, 0.05) is 41.4 Å². The lowest BCUT2D eigenvalue weighted by molar-refractivity contribution is -0.119. The summed E-state index contributed by atoms with van der Waals surface area (Å²) in [6.07, 6.45) is 0. The highest BCUT2D eigenvalue weighted by atomic mass is 32.2. The van der Waals surface area contributed by atoms with Crippen molar-refractivity contribution in [1.29, 1.82) is 0 Å². The number of benzene rings is 3. The van der Waals surface area contributed by atoms with Gasteiger partial charge in [-0.2, -0.15) is 0 Å². The first-order chi connectivity index (χ1) is 20.0. The van der Waals surface area contributed by atoms with E-state index in [1.807, 2.05) is 31.2 Å². The third kappa shape index (κ3) is 8.74. The molecule has 0 atom stereocenters. The number of phenols is 4. The number of Topliss-reactive ketones (excluding diaryl/α,β-unsaturated/α-hetero) is 2. The molecule has 11 heteroatoms. The highest BCUT2D eigenvalue weighted by molar-refractivity contribution is 7.99. The molecule has 6 N–H and O–H groups in total. The molecule has 3 rings (SSSR count). The van der Waals surface area contributed by atoms with E-state index in [1.165, 1.54) is 44.7 Å². The second kappa shape index (κ2) is 14.6. The number of anilines is 2. The molecular weight excluding hydrogens is 572 g/mol. The lowest BCUT2D eigenvalue weighted by Gasteiger charge is -2.17. The van der Waals surface area contributed by atoms with E-state index in [0.717, 1.165) is 10.5 Å². The van der Waals surface area contributed by atoms with E-state index in [0.29, 0.717) is 0 Å². The van der Waals surface area contributed by atoms with Crippen LogP contribution in [0.1, 0.15) is 73.4 Å². The van der Waals surface area contributed by atoms with E-state index < -0.39 is 0 Å². The number of carbonyl (C=O) groups is 4. The van der Waals surface area contributed by atoms with Crippen molar-refractivity contribution in [2.75, 3.05) is 10.6 Å². The zero-order chi connectivity index (χ0) is 32.8. The number of ketones is 2. The van der Waals surface area contributed by atoms with Gasteiger partial charge in [0.25, 0.3) is 0 Å².